The minimum absolute atomic E-state index is 0.676. The van der Waals surface area contributed by atoms with Gasteiger partial charge in [-0.25, -0.2) is 19.9 Å². The highest BCUT2D eigenvalue weighted by atomic mass is 16.5. The molecule has 0 amide bonds. The molecule has 0 saturated carbocycles. The first-order valence-electron chi connectivity index (χ1n) is 27.8. The van der Waals surface area contributed by atoms with Crippen molar-refractivity contribution < 1.29 is 9.47 Å². The van der Waals surface area contributed by atoms with E-state index in [1.54, 1.807) is 14.2 Å². The molecule has 0 spiro atoms. The zero-order valence-corrected chi connectivity index (χ0v) is 45.7. The highest BCUT2D eigenvalue weighted by Crippen LogP contribution is 2.39. The van der Waals surface area contributed by atoms with E-state index in [4.69, 9.17) is 29.4 Å². The van der Waals surface area contributed by atoms with Gasteiger partial charge in [-0.1, -0.05) is 127 Å². The molecule has 16 bridgehead atoms. The third kappa shape index (κ3) is 9.08. The van der Waals surface area contributed by atoms with E-state index in [2.05, 4.69) is 214 Å². The quantitative estimate of drug-likeness (QED) is 0.118. The van der Waals surface area contributed by atoms with Crippen molar-refractivity contribution in [1.29, 1.82) is 0 Å². The molecule has 0 unspecified atom stereocenters. The molecule has 0 saturated heterocycles. The molecule has 11 aromatic rings. The maximum Gasteiger partial charge on any atom is 0.119 e. The lowest BCUT2D eigenvalue weighted by Gasteiger charge is -2.07. The molecule has 0 atom stereocenters. The van der Waals surface area contributed by atoms with Crippen LogP contribution in [0.5, 0.6) is 11.5 Å². The number of H-pyrrole nitrogens is 4. The van der Waals surface area contributed by atoms with Crippen LogP contribution in [-0.4, -0.2) is 54.1 Å². The third-order valence-electron chi connectivity index (χ3n) is 15.5. The summed E-state index contributed by atoms with van der Waals surface area (Å²) in [4.78, 5) is 37.0. The Morgan fingerprint density at radius 3 is 1.06 bits per heavy atom. The predicted octanol–water partition coefficient (Wildman–Crippen LogP) is 17.4. The lowest BCUT2D eigenvalue weighted by molar-refractivity contribution is 0.415. The lowest BCUT2D eigenvalue weighted by atomic mass is 10.0. The van der Waals surface area contributed by atoms with Gasteiger partial charge < -0.3 is 29.4 Å². The van der Waals surface area contributed by atoms with Crippen molar-refractivity contribution in [3.05, 3.63) is 251 Å². The molecular weight excluding hydrogens is 1030 g/mol. The van der Waals surface area contributed by atoms with Gasteiger partial charge in [0, 0.05) is 60.9 Å². The number of hydrogen-bond donors (Lipinski definition) is 4. The zero-order chi connectivity index (χ0) is 56.1. The van der Waals surface area contributed by atoms with Crippen LogP contribution in [0.4, 0.5) is 0 Å². The van der Waals surface area contributed by atoms with Crippen molar-refractivity contribution >= 4 is 92.7 Å². The van der Waals surface area contributed by atoms with Crippen LogP contribution >= 0.6 is 0 Å². The van der Waals surface area contributed by atoms with Crippen LogP contribution in [0.3, 0.4) is 0 Å². The van der Waals surface area contributed by atoms with E-state index in [-0.39, 0.29) is 0 Å². The lowest BCUT2D eigenvalue weighted by Crippen LogP contribution is -1.90. The van der Waals surface area contributed by atoms with Crippen LogP contribution < -0.4 is 9.47 Å². The highest BCUT2D eigenvalue weighted by Gasteiger charge is 2.20. The Kier molecular flexibility index (Phi) is 12.3. The average Bonchev–Trinajstić information content (AvgIpc) is 4.05. The number of benzene rings is 5. The van der Waals surface area contributed by atoms with Gasteiger partial charge in [0.1, 0.15) is 11.5 Å². The first-order valence-corrected chi connectivity index (χ1v) is 27.8. The molecule has 5 aromatic carbocycles. The fourth-order valence-corrected chi connectivity index (χ4v) is 11.6. The van der Waals surface area contributed by atoms with Gasteiger partial charge in [0.15, 0.2) is 0 Å². The number of methoxy groups -OCH3 is 2. The van der Waals surface area contributed by atoms with Crippen molar-refractivity contribution in [2.75, 3.05) is 14.2 Å². The van der Waals surface area contributed by atoms with Crippen molar-refractivity contribution in [3.63, 3.8) is 0 Å². The SMILES string of the molecule is COc1cccc(-c2c3nc(c(C#Cc4c5nc(c(-c6ccccc6)c6ccc([nH]6)c(-c6ccccc6)c6nc(c(-c7ccccc7)c7ccc4[nH]7)C=C6)C=C5)c4ccc([nH]4)c(-c4cccc(OC)c4)c4nc(cc5ccc2[nH]5)C=C4)C=C3)c1. The fraction of sp³-hybridized carbons (Fsp3) is 0.0270. The van der Waals surface area contributed by atoms with E-state index in [1.165, 1.54) is 0 Å². The second-order valence-corrected chi connectivity index (χ2v) is 20.7. The molecule has 84 heavy (non-hydrogen) atoms. The molecule has 10 heterocycles. The molecule has 6 aromatic heterocycles. The molecule has 0 aliphatic carbocycles. The van der Waals surface area contributed by atoms with Crippen LogP contribution in [0.2, 0.25) is 0 Å². The Labute approximate surface area is 483 Å². The smallest absolute Gasteiger partial charge is 0.119 e. The number of rotatable bonds is 7. The second-order valence-electron chi connectivity index (χ2n) is 20.7. The maximum atomic E-state index is 5.77. The van der Waals surface area contributed by atoms with Gasteiger partial charge in [-0.2, -0.15) is 0 Å². The minimum atomic E-state index is 0.676. The average molecular weight is 1080 g/mol. The Morgan fingerprint density at radius 2 is 0.619 bits per heavy atom. The molecule has 10 nitrogen and oxygen atoms in total. The van der Waals surface area contributed by atoms with E-state index in [9.17, 15) is 0 Å². The van der Waals surface area contributed by atoms with Gasteiger partial charge in [0.05, 0.1) is 81.9 Å². The summed E-state index contributed by atoms with van der Waals surface area (Å²) in [6, 6.07) is 66.4. The number of nitrogens with one attached hydrogen (secondary N) is 4. The van der Waals surface area contributed by atoms with Gasteiger partial charge in [-0.3, -0.25) is 0 Å². The Hall–Kier alpha value is -11.5. The van der Waals surface area contributed by atoms with Gasteiger partial charge in [-0.15, -0.1) is 0 Å². The summed E-state index contributed by atoms with van der Waals surface area (Å²) >= 11 is 0. The molecule has 4 N–H and O–H groups in total. The van der Waals surface area contributed by atoms with Crippen LogP contribution in [0.15, 0.2) is 194 Å². The van der Waals surface area contributed by atoms with E-state index in [1.807, 2.05) is 60.7 Å². The van der Waals surface area contributed by atoms with Gasteiger partial charge >= 0.3 is 0 Å². The molecule has 398 valence electrons. The summed E-state index contributed by atoms with van der Waals surface area (Å²) in [5, 5.41) is 0. The molecule has 10 heteroatoms. The Balaban J connectivity index is 1.05. The summed E-state index contributed by atoms with van der Waals surface area (Å²) in [7, 11) is 3.37. The largest absolute Gasteiger partial charge is 0.497 e. The highest BCUT2D eigenvalue weighted by molar-refractivity contribution is 6.00. The maximum absolute atomic E-state index is 5.77. The van der Waals surface area contributed by atoms with Gasteiger partial charge in [-0.05, 0) is 155 Å². The summed E-state index contributed by atoms with van der Waals surface area (Å²) in [6.07, 6.45) is 16.6. The van der Waals surface area contributed by atoms with Gasteiger partial charge in [0.25, 0.3) is 0 Å². The summed E-state index contributed by atoms with van der Waals surface area (Å²) in [5.41, 5.74) is 24.1. The number of nitrogens with zero attached hydrogens (tertiary/aromatic N) is 4. The zero-order valence-electron chi connectivity index (χ0n) is 45.7. The van der Waals surface area contributed by atoms with Crippen LogP contribution in [0.1, 0.15) is 56.7 Å². The van der Waals surface area contributed by atoms with Crippen molar-refractivity contribution in [1.82, 2.24) is 39.9 Å². The Morgan fingerprint density at radius 1 is 0.286 bits per heavy atom. The normalized spacial score (nSPS) is 12.1. The summed E-state index contributed by atoms with van der Waals surface area (Å²) < 4.78 is 11.5. The monoisotopic (exact) mass is 1080 g/mol. The fourth-order valence-electron chi connectivity index (χ4n) is 11.6. The predicted molar refractivity (Wildman–Crippen MR) is 344 cm³/mol. The number of fused-ring (bicyclic) bond motifs is 16. The van der Waals surface area contributed by atoms with E-state index >= 15 is 0 Å². The summed E-state index contributed by atoms with van der Waals surface area (Å²) in [6.45, 7) is 0. The van der Waals surface area contributed by atoms with Crippen molar-refractivity contribution in [2.24, 2.45) is 0 Å². The first-order chi connectivity index (χ1) is 41.5. The topological polar surface area (TPSA) is 133 Å². The van der Waals surface area contributed by atoms with E-state index in [0.717, 1.165) is 145 Å². The third-order valence-corrected chi connectivity index (χ3v) is 15.5. The van der Waals surface area contributed by atoms with Crippen molar-refractivity contribution in [3.8, 4) is 79.0 Å². The van der Waals surface area contributed by atoms with Crippen LogP contribution in [-0.2, 0) is 0 Å². The Bertz CT molecular complexity index is 4960. The molecule has 4 aliphatic heterocycles. The van der Waals surface area contributed by atoms with Crippen molar-refractivity contribution in [2.45, 2.75) is 0 Å². The number of hydrogen-bond acceptors (Lipinski definition) is 6. The first kappa shape index (κ1) is 49.5. The second kappa shape index (κ2) is 20.8. The molecule has 4 aliphatic rings. The van der Waals surface area contributed by atoms with E-state index in [0.29, 0.717) is 22.5 Å². The van der Waals surface area contributed by atoms with E-state index < -0.39 is 0 Å². The van der Waals surface area contributed by atoms with Gasteiger partial charge in [0.2, 0.25) is 0 Å². The standard InChI is InChI=1S/C74H50N8O2/c1-83-52-22-12-20-48(42-52)73-60-28-24-50(75-60)44-51-25-29-61(76-51)74(49-21-13-23-53(43-49)84-2)69-37-33-59(80-69)55(58-32-36-68(73)79-58)27-26-54-56-30-34-62(77-56)70(45-14-6-3-7-15-45)64-38-40-66(81-64)72(47-18-10-5-11-19-47)67-41-39-65(82-67)71(46-16-8-4-9-17-46)63-35-31-57(54)78-63/h3-25,28-44,75,77,80,82H,1-2H3. The number of aromatic amines is 4. The molecule has 0 fully saturated rings. The van der Waals surface area contributed by atoms with Crippen LogP contribution in [0, 0.1) is 11.8 Å². The number of aromatic nitrogens is 8. The minimum Gasteiger partial charge on any atom is -0.497 e. The number of ether oxygens (including phenoxy) is 2. The summed E-state index contributed by atoms with van der Waals surface area (Å²) in [5.74, 6) is 8.96. The van der Waals surface area contributed by atoms with Crippen LogP contribution in [0.25, 0.3) is 148 Å². The molecule has 15 rings (SSSR count). The molecule has 0 radical (unpaired) electrons. The molecular formula is C74H50N8O2.